The number of halogens is 2. The highest BCUT2D eigenvalue weighted by Gasteiger charge is 2.08. The van der Waals surface area contributed by atoms with Crippen molar-refractivity contribution in [3.05, 3.63) is 50.7 Å². The van der Waals surface area contributed by atoms with Gasteiger partial charge in [-0.1, -0.05) is 17.7 Å². The van der Waals surface area contributed by atoms with E-state index in [1.54, 1.807) is 23.5 Å². The highest BCUT2D eigenvalue weighted by molar-refractivity contribution is 7.11. The van der Waals surface area contributed by atoms with Crippen molar-refractivity contribution in [3.8, 4) is 0 Å². The van der Waals surface area contributed by atoms with Crippen LogP contribution in [-0.2, 0) is 6.54 Å². The summed E-state index contributed by atoms with van der Waals surface area (Å²) in [5, 5.41) is 4.59. The molecule has 1 heterocycles. The largest absolute Gasteiger partial charge is 0.305 e. The third kappa shape index (κ3) is 3.28. The van der Waals surface area contributed by atoms with Crippen molar-refractivity contribution in [1.82, 2.24) is 10.3 Å². The van der Waals surface area contributed by atoms with Crippen LogP contribution in [0.5, 0.6) is 0 Å². The second-order valence-corrected chi connectivity index (χ2v) is 5.85. The Bertz CT molecular complexity index is 542. The van der Waals surface area contributed by atoms with Gasteiger partial charge in [0.1, 0.15) is 5.82 Å². The van der Waals surface area contributed by atoms with Gasteiger partial charge in [0, 0.05) is 23.7 Å². The lowest BCUT2D eigenvalue weighted by Crippen LogP contribution is -2.17. The van der Waals surface area contributed by atoms with Gasteiger partial charge < -0.3 is 5.32 Å². The van der Waals surface area contributed by atoms with Crippen LogP contribution in [0.2, 0.25) is 5.02 Å². The number of nitrogens with one attached hydrogen (secondary N) is 1. The van der Waals surface area contributed by atoms with E-state index >= 15 is 0 Å². The van der Waals surface area contributed by atoms with Gasteiger partial charge >= 0.3 is 0 Å². The second kappa shape index (κ2) is 5.78. The fraction of sp³-hybridized carbons (Fsp3) is 0.308. The van der Waals surface area contributed by atoms with Crippen LogP contribution in [0.1, 0.15) is 28.4 Å². The number of aryl methyl sites for hydroxylation is 1. The molecule has 0 fully saturated rings. The smallest absolute Gasteiger partial charge is 0.141 e. The van der Waals surface area contributed by atoms with E-state index < -0.39 is 0 Å². The molecule has 1 aromatic carbocycles. The van der Waals surface area contributed by atoms with Crippen molar-refractivity contribution in [3.63, 3.8) is 0 Å². The Kier molecular flexibility index (Phi) is 4.32. The van der Waals surface area contributed by atoms with E-state index in [0.717, 1.165) is 17.1 Å². The van der Waals surface area contributed by atoms with Crippen molar-refractivity contribution in [2.75, 3.05) is 0 Å². The van der Waals surface area contributed by atoms with Crippen LogP contribution >= 0.6 is 22.9 Å². The summed E-state index contributed by atoms with van der Waals surface area (Å²) < 4.78 is 13.1. The Morgan fingerprint density at radius 3 is 2.89 bits per heavy atom. The van der Waals surface area contributed by atoms with E-state index in [2.05, 4.69) is 10.3 Å². The van der Waals surface area contributed by atoms with Crippen molar-refractivity contribution in [2.45, 2.75) is 26.4 Å². The molecular formula is C13H14ClFN2S. The van der Waals surface area contributed by atoms with Gasteiger partial charge in [-0.05, 0) is 31.5 Å². The standard InChI is InChI=1S/C13H14ClFN2S/c1-8(10-3-4-13(15)12(14)5-10)16-6-11-7-17-9(2)18-11/h3-5,7-8,16H,6H2,1-2H3. The fourth-order valence-electron chi connectivity index (χ4n) is 1.64. The first-order valence-electron chi connectivity index (χ1n) is 5.66. The summed E-state index contributed by atoms with van der Waals surface area (Å²) >= 11 is 7.44. The van der Waals surface area contributed by atoms with Gasteiger partial charge in [-0.15, -0.1) is 11.3 Å². The van der Waals surface area contributed by atoms with Crippen LogP contribution in [0.15, 0.2) is 24.4 Å². The van der Waals surface area contributed by atoms with Crippen molar-refractivity contribution >= 4 is 22.9 Å². The topological polar surface area (TPSA) is 24.9 Å². The number of aromatic nitrogens is 1. The van der Waals surface area contributed by atoms with Crippen LogP contribution in [0.25, 0.3) is 0 Å². The summed E-state index contributed by atoms with van der Waals surface area (Å²) in [5.74, 6) is -0.384. The molecule has 1 N–H and O–H groups in total. The van der Waals surface area contributed by atoms with E-state index in [-0.39, 0.29) is 16.9 Å². The van der Waals surface area contributed by atoms with E-state index in [1.807, 2.05) is 20.0 Å². The van der Waals surface area contributed by atoms with Crippen molar-refractivity contribution < 1.29 is 4.39 Å². The van der Waals surface area contributed by atoms with E-state index in [1.165, 1.54) is 10.9 Å². The normalized spacial score (nSPS) is 12.7. The molecule has 18 heavy (non-hydrogen) atoms. The van der Waals surface area contributed by atoms with Crippen molar-refractivity contribution in [2.24, 2.45) is 0 Å². The number of hydrogen-bond donors (Lipinski definition) is 1. The maximum Gasteiger partial charge on any atom is 0.141 e. The molecule has 1 unspecified atom stereocenters. The maximum absolute atomic E-state index is 13.1. The molecule has 0 spiro atoms. The number of benzene rings is 1. The quantitative estimate of drug-likeness (QED) is 0.914. The molecule has 2 rings (SSSR count). The van der Waals surface area contributed by atoms with E-state index in [4.69, 9.17) is 11.6 Å². The minimum absolute atomic E-state index is 0.116. The van der Waals surface area contributed by atoms with Crippen LogP contribution in [0.4, 0.5) is 4.39 Å². The molecule has 0 saturated heterocycles. The Labute approximate surface area is 115 Å². The molecule has 0 saturated carbocycles. The molecule has 96 valence electrons. The molecule has 2 nitrogen and oxygen atoms in total. The number of thiazole rings is 1. The molecule has 0 aliphatic carbocycles. The highest BCUT2D eigenvalue weighted by Crippen LogP contribution is 2.21. The zero-order chi connectivity index (χ0) is 13.1. The first kappa shape index (κ1) is 13.5. The summed E-state index contributed by atoms with van der Waals surface area (Å²) in [4.78, 5) is 5.39. The summed E-state index contributed by atoms with van der Waals surface area (Å²) in [7, 11) is 0. The Hall–Kier alpha value is -0.970. The number of nitrogens with zero attached hydrogens (tertiary/aromatic N) is 1. The molecule has 2 aromatic rings. The first-order chi connectivity index (χ1) is 8.56. The molecule has 0 amide bonds. The van der Waals surface area contributed by atoms with E-state index in [9.17, 15) is 4.39 Å². The van der Waals surface area contributed by atoms with Crippen molar-refractivity contribution in [1.29, 1.82) is 0 Å². The van der Waals surface area contributed by atoms with Gasteiger partial charge in [-0.3, -0.25) is 0 Å². The SMILES string of the molecule is Cc1ncc(CNC(C)c2ccc(F)c(Cl)c2)s1. The number of rotatable bonds is 4. The molecule has 0 aliphatic rings. The first-order valence-corrected chi connectivity index (χ1v) is 6.85. The average molecular weight is 285 g/mol. The molecule has 5 heteroatoms. The second-order valence-electron chi connectivity index (χ2n) is 4.12. The van der Waals surface area contributed by atoms with Gasteiger partial charge in [0.2, 0.25) is 0 Å². The fourth-order valence-corrected chi connectivity index (χ4v) is 2.58. The zero-order valence-electron chi connectivity index (χ0n) is 10.2. The third-order valence-corrected chi connectivity index (χ3v) is 3.90. The Morgan fingerprint density at radius 1 is 1.50 bits per heavy atom. The maximum atomic E-state index is 13.1. The Morgan fingerprint density at radius 2 is 2.28 bits per heavy atom. The molecule has 1 atom stereocenters. The lowest BCUT2D eigenvalue weighted by atomic mass is 10.1. The average Bonchev–Trinajstić information content (AvgIpc) is 2.75. The van der Waals surface area contributed by atoms with Gasteiger partial charge in [0.25, 0.3) is 0 Å². The van der Waals surface area contributed by atoms with Crippen LogP contribution in [0.3, 0.4) is 0 Å². The van der Waals surface area contributed by atoms with Gasteiger partial charge in [0.05, 0.1) is 10.0 Å². The lowest BCUT2D eigenvalue weighted by Gasteiger charge is -2.13. The molecule has 1 aromatic heterocycles. The van der Waals surface area contributed by atoms with Crippen LogP contribution in [0, 0.1) is 12.7 Å². The van der Waals surface area contributed by atoms with Gasteiger partial charge in [0.15, 0.2) is 0 Å². The summed E-state index contributed by atoms with van der Waals surface area (Å²) in [5.41, 5.74) is 0.975. The minimum atomic E-state index is -0.384. The molecular weight excluding hydrogens is 271 g/mol. The minimum Gasteiger partial charge on any atom is -0.305 e. The number of hydrogen-bond acceptors (Lipinski definition) is 3. The van der Waals surface area contributed by atoms with Gasteiger partial charge in [-0.2, -0.15) is 0 Å². The zero-order valence-corrected chi connectivity index (χ0v) is 11.8. The third-order valence-electron chi connectivity index (χ3n) is 2.70. The van der Waals surface area contributed by atoms with Gasteiger partial charge in [-0.25, -0.2) is 9.37 Å². The predicted molar refractivity (Wildman–Crippen MR) is 73.5 cm³/mol. The highest BCUT2D eigenvalue weighted by atomic mass is 35.5. The van der Waals surface area contributed by atoms with E-state index in [0.29, 0.717) is 0 Å². The summed E-state index contributed by atoms with van der Waals surface area (Å²) in [6.45, 7) is 4.76. The van der Waals surface area contributed by atoms with Crippen LogP contribution in [-0.4, -0.2) is 4.98 Å². The molecule has 0 aliphatic heterocycles. The lowest BCUT2D eigenvalue weighted by molar-refractivity contribution is 0.574. The van der Waals surface area contributed by atoms with Crippen LogP contribution < -0.4 is 5.32 Å². The summed E-state index contributed by atoms with van der Waals surface area (Å²) in [6.07, 6.45) is 1.87. The predicted octanol–water partition coefficient (Wildman–Crippen LogP) is 4.09. The summed E-state index contributed by atoms with van der Waals surface area (Å²) in [6, 6.07) is 4.92. The molecule has 0 bridgehead atoms. The monoisotopic (exact) mass is 284 g/mol. The Balaban J connectivity index is 1.99. The molecule has 0 radical (unpaired) electrons.